The lowest BCUT2D eigenvalue weighted by Crippen LogP contribution is -2.57. The second kappa shape index (κ2) is 6.85. The lowest BCUT2D eigenvalue weighted by Gasteiger charge is -2.41. The molecule has 4 atom stereocenters. The van der Waals surface area contributed by atoms with Crippen molar-refractivity contribution in [2.45, 2.75) is 56.7 Å². The van der Waals surface area contributed by atoms with Gasteiger partial charge in [0, 0.05) is 6.20 Å². The zero-order chi connectivity index (χ0) is 20.2. The maximum Gasteiger partial charge on any atom is 0.328 e. The van der Waals surface area contributed by atoms with E-state index in [4.69, 9.17) is 30.1 Å². The minimum absolute atomic E-state index is 0.417. The monoisotopic (exact) mass is 433 g/mol. The van der Waals surface area contributed by atoms with Gasteiger partial charge in [-0.25, -0.2) is 8.78 Å². The van der Waals surface area contributed by atoms with Crippen LogP contribution in [0.3, 0.4) is 0 Å². The van der Waals surface area contributed by atoms with Crippen molar-refractivity contribution in [3.8, 4) is 0 Å². The molecule has 0 aromatic heterocycles. The second-order valence-corrected chi connectivity index (χ2v) is 9.44. The van der Waals surface area contributed by atoms with Crippen LogP contribution in [-0.2, 0) is 39.7 Å². The number of hydrogen-bond acceptors (Lipinski definition) is 7. The SMILES string of the molecule is CC(C)OP1(=S)OC[C@@]2(C(F)F)O[C@@H](N3C=CC(=O)CC3=O)C(F)(F)[C@@H]2O1. The Bertz CT molecular complexity index is 734. The standard InChI is InChI=1S/C14H16F4NO6PS/c1-7(2)24-26(27)22-6-13(11(15)16)10(25-26)14(17,18)12(23-13)19-4-3-8(20)5-9(19)21/h3-4,7,10-12H,5-6H2,1-2H3/t10-,12-,13-,26?/m1/s1. The number of ether oxygens (including phenoxy) is 1. The summed E-state index contributed by atoms with van der Waals surface area (Å²) < 4.78 is 78.0. The van der Waals surface area contributed by atoms with Crippen molar-refractivity contribution in [2.24, 2.45) is 0 Å². The average molecular weight is 433 g/mol. The fourth-order valence-electron chi connectivity index (χ4n) is 2.95. The normalized spacial score (nSPS) is 38.7. The Morgan fingerprint density at radius 3 is 2.59 bits per heavy atom. The van der Waals surface area contributed by atoms with Crippen molar-refractivity contribution in [3.63, 3.8) is 0 Å². The Balaban J connectivity index is 1.98. The Labute approximate surface area is 156 Å². The predicted molar refractivity (Wildman–Crippen MR) is 85.5 cm³/mol. The van der Waals surface area contributed by atoms with Crippen LogP contribution >= 0.6 is 6.72 Å². The summed E-state index contributed by atoms with van der Waals surface area (Å²) in [6.45, 7) is -1.62. The smallest absolute Gasteiger partial charge is 0.328 e. The number of hydrogen-bond donors (Lipinski definition) is 0. The third-order valence-corrected chi connectivity index (χ3v) is 6.56. The highest BCUT2D eigenvalue weighted by Crippen LogP contribution is 2.63. The number of nitrogens with zero attached hydrogens (tertiary/aromatic N) is 1. The van der Waals surface area contributed by atoms with Crippen molar-refractivity contribution in [3.05, 3.63) is 12.3 Å². The van der Waals surface area contributed by atoms with E-state index in [1.54, 1.807) is 13.8 Å². The molecule has 0 saturated carbocycles. The largest absolute Gasteiger partial charge is 0.333 e. The zero-order valence-corrected chi connectivity index (χ0v) is 15.9. The second-order valence-electron chi connectivity index (χ2n) is 6.52. The number of fused-ring (bicyclic) bond motifs is 1. The fourth-order valence-corrected chi connectivity index (χ4v) is 5.51. The fraction of sp³-hybridized carbons (Fsp3) is 0.714. The maximum absolute atomic E-state index is 15.0. The van der Waals surface area contributed by atoms with Crippen LogP contribution < -0.4 is 0 Å². The summed E-state index contributed by atoms with van der Waals surface area (Å²) >= 11 is 5.00. The highest BCUT2D eigenvalue weighted by atomic mass is 32.5. The van der Waals surface area contributed by atoms with Gasteiger partial charge in [0.15, 0.2) is 17.5 Å². The molecule has 2 saturated heterocycles. The van der Waals surface area contributed by atoms with Gasteiger partial charge < -0.3 is 13.8 Å². The number of rotatable bonds is 4. The van der Waals surface area contributed by atoms with E-state index in [-0.39, 0.29) is 0 Å². The van der Waals surface area contributed by atoms with E-state index in [1.165, 1.54) is 0 Å². The first-order valence-electron chi connectivity index (χ1n) is 7.88. The van der Waals surface area contributed by atoms with Gasteiger partial charge in [-0.05, 0) is 31.7 Å². The molecule has 3 rings (SSSR count). The summed E-state index contributed by atoms with van der Waals surface area (Å²) in [7, 11) is 0. The molecule has 3 heterocycles. The van der Waals surface area contributed by atoms with E-state index in [1.807, 2.05) is 0 Å². The maximum atomic E-state index is 15.0. The van der Waals surface area contributed by atoms with Crippen LogP contribution in [0.1, 0.15) is 20.3 Å². The summed E-state index contributed by atoms with van der Waals surface area (Å²) in [5.74, 6) is -5.67. The average Bonchev–Trinajstić information content (AvgIpc) is 2.75. The number of allylic oxidation sites excluding steroid dienone is 1. The van der Waals surface area contributed by atoms with Gasteiger partial charge in [-0.1, -0.05) is 0 Å². The Hall–Kier alpha value is -0.910. The number of halogens is 4. The van der Waals surface area contributed by atoms with E-state index in [0.717, 1.165) is 12.3 Å². The molecular weight excluding hydrogens is 417 g/mol. The van der Waals surface area contributed by atoms with Crippen molar-refractivity contribution in [1.82, 2.24) is 4.90 Å². The van der Waals surface area contributed by atoms with Crippen molar-refractivity contribution >= 4 is 30.2 Å². The van der Waals surface area contributed by atoms with Crippen molar-refractivity contribution in [1.29, 1.82) is 0 Å². The van der Waals surface area contributed by atoms with Crippen LogP contribution in [-0.4, -0.2) is 59.6 Å². The Morgan fingerprint density at radius 1 is 1.37 bits per heavy atom. The van der Waals surface area contributed by atoms with Crippen molar-refractivity contribution < 1.29 is 45.5 Å². The first kappa shape index (κ1) is 20.8. The molecule has 3 aliphatic rings. The van der Waals surface area contributed by atoms with Crippen LogP contribution in [0.2, 0.25) is 0 Å². The summed E-state index contributed by atoms with van der Waals surface area (Å²) in [4.78, 5) is 23.6. The van der Waals surface area contributed by atoms with E-state index >= 15 is 8.78 Å². The molecule has 1 amide bonds. The highest BCUT2D eigenvalue weighted by Gasteiger charge is 2.75. The van der Waals surface area contributed by atoms with Gasteiger partial charge in [-0.2, -0.15) is 8.78 Å². The van der Waals surface area contributed by atoms with Gasteiger partial charge >= 0.3 is 12.6 Å². The molecule has 0 spiro atoms. The lowest BCUT2D eigenvalue weighted by atomic mass is 9.95. The zero-order valence-electron chi connectivity index (χ0n) is 14.1. The predicted octanol–water partition coefficient (Wildman–Crippen LogP) is 2.36. The van der Waals surface area contributed by atoms with Crippen LogP contribution in [0, 0.1) is 0 Å². The first-order valence-corrected chi connectivity index (χ1v) is 10.4. The van der Waals surface area contributed by atoms with Gasteiger partial charge in [0.1, 0.15) is 0 Å². The van der Waals surface area contributed by atoms with E-state index in [0.29, 0.717) is 4.90 Å². The van der Waals surface area contributed by atoms with E-state index < -0.39 is 67.8 Å². The Kier molecular flexibility index (Phi) is 5.28. The van der Waals surface area contributed by atoms with Gasteiger partial charge in [-0.15, -0.1) is 0 Å². The third-order valence-electron chi connectivity index (χ3n) is 4.13. The van der Waals surface area contributed by atoms with Gasteiger partial charge in [0.2, 0.25) is 12.1 Å². The molecule has 7 nitrogen and oxygen atoms in total. The van der Waals surface area contributed by atoms with Gasteiger partial charge in [0.25, 0.3) is 6.43 Å². The highest BCUT2D eigenvalue weighted by molar-refractivity contribution is 8.07. The van der Waals surface area contributed by atoms with E-state index in [9.17, 15) is 18.4 Å². The molecule has 0 aromatic rings. The molecule has 152 valence electrons. The molecular formula is C14H16F4NO6PS. The first-order chi connectivity index (χ1) is 12.4. The topological polar surface area (TPSA) is 74.3 Å². The minimum atomic E-state index is -4.06. The van der Waals surface area contributed by atoms with Crippen LogP contribution in [0.4, 0.5) is 17.6 Å². The van der Waals surface area contributed by atoms with Crippen LogP contribution in [0.25, 0.3) is 0 Å². The number of carbonyl (C=O) groups excluding carboxylic acids is 2. The molecule has 0 aliphatic carbocycles. The summed E-state index contributed by atoms with van der Waals surface area (Å²) in [5, 5.41) is 0. The number of carbonyl (C=O) groups is 2. The number of ketones is 1. The molecule has 1 unspecified atom stereocenters. The molecule has 0 radical (unpaired) electrons. The molecule has 13 heteroatoms. The number of amides is 1. The molecule has 3 aliphatic heterocycles. The van der Waals surface area contributed by atoms with Crippen LogP contribution in [0.5, 0.6) is 0 Å². The molecule has 0 bridgehead atoms. The van der Waals surface area contributed by atoms with Crippen LogP contribution in [0.15, 0.2) is 12.3 Å². The van der Waals surface area contributed by atoms with Gasteiger partial charge in [-0.3, -0.25) is 19.0 Å². The minimum Gasteiger partial charge on any atom is -0.333 e. The third kappa shape index (κ3) is 3.47. The summed E-state index contributed by atoms with van der Waals surface area (Å²) in [6, 6.07) is 0. The Morgan fingerprint density at radius 2 is 2.04 bits per heavy atom. The molecule has 0 aromatic carbocycles. The molecule has 27 heavy (non-hydrogen) atoms. The lowest BCUT2D eigenvalue weighted by molar-refractivity contribution is -0.210. The molecule has 2 fully saturated rings. The summed E-state index contributed by atoms with van der Waals surface area (Å²) in [6.07, 6.45) is -7.88. The number of alkyl halides is 4. The summed E-state index contributed by atoms with van der Waals surface area (Å²) in [5.41, 5.74) is -2.84. The van der Waals surface area contributed by atoms with E-state index in [2.05, 4.69) is 0 Å². The van der Waals surface area contributed by atoms with Gasteiger partial charge in [0.05, 0.1) is 19.1 Å². The quantitative estimate of drug-likeness (QED) is 0.383. The molecule has 0 N–H and O–H groups in total. The van der Waals surface area contributed by atoms with Crippen molar-refractivity contribution in [2.75, 3.05) is 6.61 Å².